The van der Waals surface area contributed by atoms with Crippen LogP contribution in [0, 0.1) is 20.8 Å². The van der Waals surface area contributed by atoms with Crippen molar-refractivity contribution < 1.29 is 9.84 Å². The Bertz CT molecular complexity index is 889. The second-order valence-electron chi connectivity index (χ2n) is 6.12. The van der Waals surface area contributed by atoms with Crippen molar-refractivity contribution in [1.29, 1.82) is 0 Å². The molecule has 3 aromatic carbocycles. The summed E-state index contributed by atoms with van der Waals surface area (Å²) in [5.41, 5.74) is 4.61. The molecule has 0 fully saturated rings. The summed E-state index contributed by atoms with van der Waals surface area (Å²) in [6, 6.07) is 19.4. The first-order valence-electron chi connectivity index (χ1n) is 8.21. The van der Waals surface area contributed by atoms with Crippen LogP contribution in [0.3, 0.4) is 0 Å². The summed E-state index contributed by atoms with van der Waals surface area (Å²) < 4.78 is 5.89. The number of phenols is 1. The average Bonchev–Trinajstić information content (AvgIpc) is 2.61. The molecule has 25 heavy (non-hydrogen) atoms. The van der Waals surface area contributed by atoms with Crippen LogP contribution in [0.25, 0.3) is 0 Å². The van der Waals surface area contributed by atoms with E-state index in [1.807, 2.05) is 81.4 Å². The van der Waals surface area contributed by atoms with E-state index in [1.54, 1.807) is 6.21 Å². The summed E-state index contributed by atoms with van der Waals surface area (Å²) >= 11 is 0. The van der Waals surface area contributed by atoms with Crippen LogP contribution in [0.4, 0.5) is 5.69 Å². The molecule has 0 bridgehead atoms. The molecular formula is C22H21NO2. The van der Waals surface area contributed by atoms with E-state index >= 15 is 0 Å². The molecule has 0 radical (unpaired) electrons. The minimum atomic E-state index is 0.342. The van der Waals surface area contributed by atoms with Gasteiger partial charge in [-0.1, -0.05) is 18.2 Å². The number of aliphatic imine (C=N–C) groups is 1. The third-order valence-electron chi connectivity index (χ3n) is 4.03. The van der Waals surface area contributed by atoms with Gasteiger partial charge in [-0.25, -0.2) is 0 Å². The van der Waals surface area contributed by atoms with Gasteiger partial charge < -0.3 is 9.84 Å². The highest BCUT2D eigenvalue weighted by atomic mass is 16.5. The van der Waals surface area contributed by atoms with Gasteiger partial charge in [0.15, 0.2) is 0 Å². The fourth-order valence-electron chi connectivity index (χ4n) is 2.61. The lowest BCUT2D eigenvalue weighted by atomic mass is 10.1. The molecule has 126 valence electrons. The first-order chi connectivity index (χ1) is 12.0. The normalized spacial score (nSPS) is 11.0. The van der Waals surface area contributed by atoms with E-state index in [-0.39, 0.29) is 0 Å². The average molecular weight is 331 g/mol. The van der Waals surface area contributed by atoms with Crippen molar-refractivity contribution in [3.63, 3.8) is 0 Å². The molecule has 0 unspecified atom stereocenters. The van der Waals surface area contributed by atoms with Crippen LogP contribution in [0.2, 0.25) is 0 Å². The van der Waals surface area contributed by atoms with E-state index in [0.29, 0.717) is 5.75 Å². The van der Waals surface area contributed by atoms with Crippen molar-refractivity contribution in [2.24, 2.45) is 4.99 Å². The molecule has 0 aliphatic rings. The molecule has 0 atom stereocenters. The summed E-state index contributed by atoms with van der Waals surface area (Å²) in [5.74, 6) is 1.98. The Labute approximate surface area is 148 Å². The SMILES string of the molecule is Cc1ccccc1Oc1ccc(N=Cc2cc(C)c(O)c(C)c2)cc1. The molecule has 0 saturated carbocycles. The lowest BCUT2D eigenvalue weighted by Gasteiger charge is -2.08. The number of hydrogen-bond acceptors (Lipinski definition) is 3. The highest BCUT2D eigenvalue weighted by Crippen LogP contribution is 2.27. The molecule has 0 spiro atoms. The first kappa shape index (κ1) is 16.8. The summed E-state index contributed by atoms with van der Waals surface area (Å²) in [5, 5.41) is 9.83. The maximum absolute atomic E-state index is 9.83. The molecule has 0 amide bonds. The molecule has 0 aliphatic heterocycles. The predicted molar refractivity (Wildman–Crippen MR) is 103 cm³/mol. The predicted octanol–water partition coefficient (Wildman–Crippen LogP) is 5.86. The van der Waals surface area contributed by atoms with Gasteiger partial charge in [0.1, 0.15) is 17.2 Å². The fourth-order valence-corrected chi connectivity index (χ4v) is 2.61. The zero-order chi connectivity index (χ0) is 17.8. The van der Waals surface area contributed by atoms with Crippen molar-refractivity contribution in [1.82, 2.24) is 0 Å². The fraction of sp³-hybridized carbons (Fsp3) is 0.136. The highest BCUT2D eigenvalue weighted by molar-refractivity contribution is 5.83. The lowest BCUT2D eigenvalue weighted by molar-refractivity contribution is 0.467. The number of phenolic OH excluding ortho intramolecular Hbond substituents is 1. The first-order valence-corrected chi connectivity index (χ1v) is 8.21. The van der Waals surface area contributed by atoms with Gasteiger partial charge in [-0.15, -0.1) is 0 Å². The van der Waals surface area contributed by atoms with Gasteiger partial charge in [0.2, 0.25) is 0 Å². The second-order valence-corrected chi connectivity index (χ2v) is 6.12. The molecule has 0 heterocycles. The van der Waals surface area contributed by atoms with Crippen molar-refractivity contribution in [3.05, 3.63) is 82.9 Å². The number of aromatic hydroxyl groups is 1. The molecule has 3 heteroatoms. The smallest absolute Gasteiger partial charge is 0.130 e. The van der Waals surface area contributed by atoms with E-state index in [9.17, 15) is 5.11 Å². The molecule has 3 nitrogen and oxygen atoms in total. The van der Waals surface area contributed by atoms with Crippen molar-refractivity contribution in [2.45, 2.75) is 20.8 Å². The van der Waals surface area contributed by atoms with Crippen LogP contribution in [0.15, 0.2) is 65.7 Å². The molecular weight excluding hydrogens is 310 g/mol. The van der Waals surface area contributed by atoms with Crippen LogP contribution < -0.4 is 4.74 Å². The maximum Gasteiger partial charge on any atom is 0.130 e. The van der Waals surface area contributed by atoms with Gasteiger partial charge in [0.05, 0.1) is 5.69 Å². The molecule has 3 aromatic rings. The van der Waals surface area contributed by atoms with Gasteiger partial charge >= 0.3 is 0 Å². The Morgan fingerprint density at radius 1 is 0.840 bits per heavy atom. The standard InChI is InChI=1S/C22H21NO2/c1-15-6-4-5-7-21(15)25-20-10-8-19(9-11-20)23-14-18-12-16(2)22(24)17(3)13-18/h4-14,24H,1-3H3. The van der Waals surface area contributed by atoms with Crippen LogP contribution >= 0.6 is 0 Å². The Kier molecular flexibility index (Phi) is 4.85. The highest BCUT2D eigenvalue weighted by Gasteiger charge is 2.02. The number of benzene rings is 3. The van der Waals surface area contributed by atoms with Crippen LogP contribution in [-0.4, -0.2) is 11.3 Å². The molecule has 1 N–H and O–H groups in total. The Morgan fingerprint density at radius 3 is 2.12 bits per heavy atom. The van der Waals surface area contributed by atoms with Crippen molar-refractivity contribution in [2.75, 3.05) is 0 Å². The number of para-hydroxylation sites is 1. The molecule has 0 aliphatic carbocycles. The minimum absolute atomic E-state index is 0.342. The lowest BCUT2D eigenvalue weighted by Crippen LogP contribution is -1.87. The summed E-state index contributed by atoms with van der Waals surface area (Å²) in [4.78, 5) is 4.49. The Hall–Kier alpha value is -3.07. The number of aryl methyl sites for hydroxylation is 3. The second kappa shape index (κ2) is 7.22. The van der Waals surface area contributed by atoms with Gasteiger partial charge in [0.25, 0.3) is 0 Å². The van der Waals surface area contributed by atoms with Crippen LogP contribution in [0.5, 0.6) is 17.2 Å². The number of nitrogens with zero attached hydrogens (tertiary/aromatic N) is 1. The van der Waals surface area contributed by atoms with E-state index in [2.05, 4.69) is 4.99 Å². The summed E-state index contributed by atoms with van der Waals surface area (Å²) in [6.45, 7) is 5.80. The van der Waals surface area contributed by atoms with Gasteiger partial charge in [-0.3, -0.25) is 4.99 Å². The third kappa shape index (κ3) is 4.07. The van der Waals surface area contributed by atoms with Gasteiger partial charge in [-0.05, 0) is 85.5 Å². The van der Waals surface area contributed by atoms with Gasteiger partial charge in [0, 0.05) is 6.21 Å². The quantitative estimate of drug-likeness (QED) is 0.608. The molecule has 0 saturated heterocycles. The van der Waals surface area contributed by atoms with Crippen LogP contribution in [0.1, 0.15) is 22.3 Å². The summed E-state index contributed by atoms with van der Waals surface area (Å²) in [7, 11) is 0. The van der Waals surface area contributed by atoms with Gasteiger partial charge in [-0.2, -0.15) is 0 Å². The minimum Gasteiger partial charge on any atom is -0.507 e. The Balaban J connectivity index is 1.73. The zero-order valence-electron chi connectivity index (χ0n) is 14.7. The molecule has 3 rings (SSSR count). The Morgan fingerprint density at radius 2 is 1.48 bits per heavy atom. The number of rotatable bonds is 4. The summed E-state index contributed by atoms with van der Waals surface area (Å²) in [6.07, 6.45) is 1.80. The number of hydrogen-bond donors (Lipinski definition) is 1. The monoisotopic (exact) mass is 331 g/mol. The zero-order valence-corrected chi connectivity index (χ0v) is 14.7. The van der Waals surface area contributed by atoms with Crippen LogP contribution in [-0.2, 0) is 0 Å². The topological polar surface area (TPSA) is 41.8 Å². The van der Waals surface area contributed by atoms with Crippen molar-refractivity contribution in [3.8, 4) is 17.2 Å². The van der Waals surface area contributed by atoms with E-state index < -0.39 is 0 Å². The maximum atomic E-state index is 9.83. The number of ether oxygens (including phenoxy) is 1. The largest absolute Gasteiger partial charge is 0.507 e. The van der Waals surface area contributed by atoms with E-state index in [0.717, 1.165) is 39.4 Å². The van der Waals surface area contributed by atoms with E-state index in [4.69, 9.17) is 4.74 Å². The third-order valence-corrected chi connectivity index (χ3v) is 4.03. The van der Waals surface area contributed by atoms with Crippen molar-refractivity contribution >= 4 is 11.9 Å². The molecule has 0 aromatic heterocycles. The van der Waals surface area contributed by atoms with E-state index in [1.165, 1.54) is 0 Å².